The van der Waals surface area contributed by atoms with Gasteiger partial charge in [-0.2, -0.15) is 4.31 Å². The molecule has 0 radical (unpaired) electrons. The van der Waals surface area contributed by atoms with Gasteiger partial charge in [0.05, 0.1) is 4.90 Å². The first-order valence-electron chi connectivity index (χ1n) is 9.43. The summed E-state index contributed by atoms with van der Waals surface area (Å²) in [7, 11) is -3.98. The van der Waals surface area contributed by atoms with Crippen LogP contribution in [-0.4, -0.2) is 55.6 Å². The van der Waals surface area contributed by atoms with Crippen LogP contribution in [0.4, 0.5) is 14.5 Å². The number of hydrogen-bond acceptors (Lipinski definition) is 4. The molecule has 1 saturated heterocycles. The van der Waals surface area contributed by atoms with Crippen molar-refractivity contribution in [2.75, 3.05) is 31.5 Å². The van der Waals surface area contributed by atoms with E-state index in [1.807, 2.05) is 0 Å². The minimum Gasteiger partial charge on any atom is -0.336 e. The lowest BCUT2D eigenvalue weighted by molar-refractivity contribution is -0.116. The van der Waals surface area contributed by atoms with Gasteiger partial charge < -0.3 is 10.2 Å². The molecular weight excluding hydrogens is 416 g/mol. The van der Waals surface area contributed by atoms with E-state index in [1.165, 1.54) is 0 Å². The van der Waals surface area contributed by atoms with Crippen LogP contribution in [0.2, 0.25) is 0 Å². The van der Waals surface area contributed by atoms with Crippen molar-refractivity contribution in [2.24, 2.45) is 0 Å². The van der Waals surface area contributed by atoms with Crippen molar-refractivity contribution in [3.05, 3.63) is 59.2 Å². The highest BCUT2D eigenvalue weighted by molar-refractivity contribution is 7.89. The molecule has 0 bridgehead atoms. The number of nitrogens with one attached hydrogen (secondary N) is 1. The molecule has 0 unspecified atom stereocenters. The Bertz CT molecular complexity index is 1130. The van der Waals surface area contributed by atoms with E-state index in [0.717, 1.165) is 22.0 Å². The largest absolute Gasteiger partial charge is 0.336 e. The average molecular weight is 435 g/mol. The maximum Gasteiger partial charge on any atom is 0.253 e. The molecule has 1 fully saturated rings. The fourth-order valence-electron chi connectivity index (χ4n) is 3.62. The molecule has 10 heteroatoms. The number of nitrogens with zero attached hydrogens (tertiary/aromatic N) is 2. The third kappa shape index (κ3) is 3.80. The topological polar surface area (TPSA) is 86.8 Å². The first kappa shape index (κ1) is 20.4. The molecule has 7 nitrogen and oxygen atoms in total. The van der Waals surface area contributed by atoms with Crippen LogP contribution in [-0.2, 0) is 21.2 Å². The van der Waals surface area contributed by atoms with E-state index >= 15 is 0 Å². The number of piperazine rings is 1. The fraction of sp³-hybridized carbons (Fsp3) is 0.300. The quantitative estimate of drug-likeness (QED) is 0.799. The molecule has 0 saturated carbocycles. The number of sulfonamides is 1. The Hall–Kier alpha value is -2.85. The molecule has 4 rings (SSSR count). The number of carbonyl (C=O) groups is 2. The smallest absolute Gasteiger partial charge is 0.253 e. The zero-order chi connectivity index (χ0) is 21.5. The third-order valence-electron chi connectivity index (χ3n) is 5.30. The second kappa shape index (κ2) is 7.77. The summed E-state index contributed by atoms with van der Waals surface area (Å²) >= 11 is 0. The molecular formula is C20H19F2N3O4S. The van der Waals surface area contributed by atoms with Crippen molar-refractivity contribution in [3.8, 4) is 0 Å². The van der Waals surface area contributed by atoms with Crippen molar-refractivity contribution in [3.63, 3.8) is 0 Å². The SMILES string of the molecule is O=C1CCc2cc(C(=O)N3CCN(S(=O)(=O)c4ccc(F)c(F)c4)CC3)ccc2N1. The Morgan fingerprint density at radius 1 is 0.933 bits per heavy atom. The van der Waals surface area contributed by atoms with Gasteiger partial charge in [-0.25, -0.2) is 17.2 Å². The molecule has 0 aromatic heterocycles. The summed E-state index contributed by atoms with van der Waals surface area (Å²) in [6.45, 7) is 0.452. The lowest BCUT2D eigenvalue weighted by atomic mass is 10.00. The number of carbonyl (C=O) groups excluding carboxylic acids is 2. The van der Waals surface area contributed by atoms with Gasteiger partial charge in [0.25, 0.3) is 5.91 Å². The zero-order valence-corrected chi connectivity index (χ0v) is 16.7. The van der Waals surface area contributed by atoms with Crippen LogP contribution in [0.15, 0.2) is 41.3 Å². The van der Waals surface area contributed by atoms with Crippen molar-refractivity contribution in [1.29, 1.82) is 0 Å². The van der Waals surface area contributed by atoms with E-state index in [9.17, 15) is 26.8 Å². The van der Waals surface area contributed by atoms with Gasteiger partial charge in [0, 0.05) is 43.9 Å². The van der Waals surface area contributed by atoms with Crippen LogP contribution in [0.5, 0.6) is 0 Å². The molecule has 2 amide bonds. The Morgan fingerprint density at radius 3 is 2.37 bits per heavy atom. The van der Waals surface area contributed by atoms with Crippen LogP contribution >= 0.6 is 0 Å². The van der Waals surface area contributed by atoms with E-state index in [-0.39, 0.29) is 42.9 Å². The van der Waals surface area contributed by atoms with E-state index in [2.05, 4.69) is 5.32 Å². The molecule has 2 aliphatic heterocycles. The summed E-state index contributed by atoms with van der Waals surface area (Å²) in [5, 5.41) is 2.76. The number of fused-ring (bicyclic) bond motifs is 1. The second-order valence-electron chi connectivity index (χ2n) is 7.19. The van der Waals surface area contributed by atoms with Crippen molar-refractivity contribution < 1.29 is 26.8 Å². The summed E-state index contributed by atoms with van der Waals surface area (Å²) in [4.78, 5) is 25.5. The molecule has 1 N–H and O–H groups in total. The van der Waals surface area contributed by atoms with E-state index in [1.54, 1.807) is 23.1 Å². The average Bonchev–Trinajstić information content (AvgIpc) is 2.74. The van der Waals surface area contributed by atoms with Crippen molar-refractivity contribution >= 4 is 27.5 Å². The van der Waals surface area contributed by atoms with Gasteiger partial charge in [-0.1, -0.05) is 0 Å². The number of rotatable bonds is 3. The van der Waals surface area contributed by atoms with Crippen LogP contribution in [0, 0.1) is 11.6 Å². The van der Waals surface area contributed by atoms with Gasteiger partial charge >= 0.3 is 0 Å². The standard InChI is InChI=1S/C20H19F2N3O4S/c21-16-4-3-15(12-17(16)22)30(28,29)25-9-7-24(8-10-25)20(27)14-1-5-18-13(11-14)2-6-19(26)23-18/h1,3-5,11-12H,2,6-10H2,(H,23,26). The maximum absolute atomic E-state index is 13.4. The molecule has 0 aliphatic carbocycles. The summed E-state index contributed by atoms with van der Waals surface area (Å²) in [5.41, 5.74) is 2.06. The number of benzene rings is 2. The van der Waals surface area contributed by atoms with Crippen LogP contribution in [0.1, 0.15) is 22.3 Å². The van der Waals surface area contributed by atoms with E-state index < -0.39 is 21.7 Å². The Morgan fingerprint density at radius 2 is 1.67 bits per heavy atom. The molecule has 158 valence electrons. The predicted octanol–water partition coefficient (Wildman–Crippen LogP) is 2.00. The van der Waals surface area contributed by atoms with Gasteiger partial charge in [0.15, 0.2) is 11.6 Å². The second-order valence-corrected chi connectivity index (χ2v) is 9.13. The van der Waals surface area contributed by atoms with Gasteiger partial charge in [-0.3, -0.25) is 9.59 Å². The van der Waals surface area contributed by atoms with Crippen LogP contribution in [0.3, 0.4) is 0 Å². The zero-order valence-electron chi connectivity index (χ0n) is 15.9. The van der Waals surface area contributed by atoms with Gasteiger partial charge in [-0.15, -0.1) is 0 Å². The normalized spacial score (nSPS) is 17.4. The monoisotopic (exact) mass is 435 g/mol. The summed E-state index contributed by atoms with van der Waals surface area (Å²) < 4.78 is 53.1. The molecule has 30 heavy (non-hydrogen) atoms. The summed E-state index contributed by atoms with van der Waals surface area (Å²) in [6, 6.07) is 7.55. The molecule has 2 aromatic rings. The van der Waals surface area contributed by atoms with Crippen LogP contribution < -0.4 is 5.32 Å². The number of halogens is 2. The molecule has 0 atom stereocenters. The highest BCUT2D eigenvalue weighted by Gasteiger charge is 2.31. The Balaban J connectivity index is 1.45. The molecule has 2 aliphatic rings. The first-order valence-corrected chi connectivity index (χ1v) is 10.9. The van der Waals surface area contributed by atoms with Crippen molar-refractivity contribution in [1.82, 2.24) is 9.21 Å². The predicted molar refractivity (Wildman–Crippen MR) is 104 cm³/mol. The number of aryl methyl sites for hydroxylation is 1. The highest BCUT2D eigenvalue weighted by Crippen LogP contribution is 2.25. The van der Waals surface area contributed by atoms with Crippen LogP contribution in [0.25, 0.3) is 0 Å². The minimum atomic E-state index is -3.98. The lowest BCUT2D eigenvalue weighted by Crippen LogP contribution is -2.50. The number of anilines is 1. The van der Waals surface area contributed by atoms with Gasteiger partial charge in [-0.05, 0) is 48.4 Å². The lowest BCUT2D eigenvalue weighted by Gasteiger charge is -2.34. The number of amides is 2. The van der Waals surface area contributed by atoms with Crippen molar-refractivity contribution in [2.45, 2.75) is 17.7 Å². The van der Waals surface area contributed by atoms with Gasteiger partial charge in [0.1, 0.15) is 0 Å². The minimum absolute atomic E-state index is 0.0497. The Labute approximate surface area is 172 Å². The fourth-order valence-corrected chi connectivity index (χ4v) is 5.05. The third-order valence-corrected chi connectivity index (χ3v) is 7.20. The first-order chi connectivity index (χ1) is 14.3. The maximum atomic E-state index is 13.4. The van der Waals surface area contributed by atoms with E-state index in [0.29, 0.717) is 30.2 Å². The van der Waals surface area contributed by atoms with E-state index in [4.69, 9.17) is 0 Å². The molecule has 0 spiro atoms. The Kier molecular flexibility index (Phi) is 5.29. The summed E-state index contributed by atoms with van der Waals surface area (Å²) in [6.07, 6.45) is 0.924. The molecule has 2 aromatic carbocycles. The summed E-state index contributed by atoms with van der Waals surface area (Å²) in [5.74, 6) is -2.62. The number of hydrogen-bond donors (Lipinski definition) is 1. The molecule has 2 heterocycles. The highest BCUT2D eigenvalue weighted by atomic mass is 32.2. The van der Waals surface area contributed by atoms with Gasteiger partial charge in [0.2, 0.25) is 15.9 Å².